The van der Waals surface area contributed by atoms with E-state index >= 15 is 0 Å². The first-order valence-corrected chi connectivity index (χ1v) is 8.80. The van der Waals surface area contributed by atoms with Crippen molar-refractivity contribution in [2.24, 2.45) is 0 Å². The highest BCUT2D eigenvalue weighted by Gasteiger charge is 2.22. The fourth-order valence-electron chi connectivity index (χ4n) is 1.86. The number of carbonyl (C=O) groups is 2. The van der Waals surface area contributed by atoms with Crippen LogP contribution in [0.5, 0.6) is 0 Å². The molecule has 0 atom stereocenters. The van der Waals surface area contributed by atoms with Gasteiger partial charge in [-0.25, -0.2) is 4.39 Å². The van der Waals surface area contributed by atoms with Crippen molar-refractivity contribution < 1.29 is 14.0 Å². The first kappa shape index (κ1) is 16.2. The van der Waals surface area contributed by atoms with E-state index in [0.717, 1.165) is 5.75 Å². The highest BCUT2D eigenvalue weighted by molar-refractivity contribution is 8.13. The number of nitrogens with zero attached hydrogens (tertiary/aromatic N) is 1. The molecule has 0 radical (unpaired) electrons. The minimum absolute atomic E-state index is 0.0286. The molecule has 1 N–H and O–H groups in total. The van der Waals surface area contributed by atoms with E-state index < -0.39 is 0 Å². The van der Waals surface area contributed by atoms with Crippen LogP contribution in [0.3, 0.4) is 0 Å². The van der Waals surface area contributed by atoms with Crippen LogP contribution in [-0.4, -0.2) is 47.2 Å². The Hall–Kier alpha value is -1.21. The summed E-state index contributed by atoms with van der Waals surface area (Å²) in [6.45, 7) is 1.29. The van der Waals surface area contributed by atoms with Gasteiger partial charge in [0.15, 0.2) is 0 Å². The quantitative estimate of drug-likeness (QED) is 0.781. The maximum absolute atomic E-state index is 13.4. The van der Waals surface area contributed by atoms with E-state index in [0.29, 0.717) is 30.2 Å². The molecule has 1 saturated heterocycles. The van der Waals surface area contributed by atoms with Crippen LogP contribution in [0.15, 0.2) is 24.3 Å². The summed E-state index contributed by atoms with van der Waals surface area (Å²) in [5.41, 5.74) is 0.675. The van der Waals surface area contributed by atoms with Crippen molar-refractivity contribution in [3.05, 3.63) is 35.6 Å². The number of amides is 2. The molecule has 0 aromatic heterocycles. The fourth-order valence-corrected chi connectivity index (χ4v) is 3.53. The van der Waals surface area contributed by atoms with Crippen molar-refractivity contribution in [1.82, 2.24) is 10.2 Å². The maximum Gasteiger partial charge on any atom is 0.282 e. The molecule has 0 saturated carbocycles. The van der Waals surface area contributed by atoms with Crippen LogP contribution in [0.2, 0.25) is 0 Å². The Balaban J connectivity index is 1.58. The number of hydrogen-bond donors (Lipinski definition) is 1. The van der Waals surface area contributed by atoms with E-state index in [1.807, 2.05) is 6.07 Å². The van der Waals surface area contributed by atoms with E-state index in [1.165, 1.54) is 17.8 Å². The Morgan fingerprint density at radius 2 is 2.24 bits per heavy atom. The van der Waals surface area contributed by atoms with Gasteiger partial charge in [0.05, 0.1) is 0 Å². The SMILES string of the molecule is O=C(CN1CCSC1=O)NCCSCc1ccccc1F. The number of carbonyl (C=O) groups excluding carboxylic acids is 2. The zero-order chi connectivity index (χ0) is 15.1. The van der Waals surface area contributed by atoms with Gasteiger partial charge in [-0.15, -0.1) is 0 Å². The summed E-state index contributed by atoms with van der Waals surface area (Å²) >= 11 is 2.81. The van der Waals surface area contributed by atoms with Crippen LogP contribution in [0.25, 0.3) is 0 Å². The normalized spacial score (nSPS) is 14.5. The molecule has 1 aromatic carbocycles. The predicted octanol–water partition coefficient (Wildman–Crippen LogP) is 2.34. The summed E-state index contributed by atoms with van der Waals surface area (Å²) in [6, 6.07) is 6.69. The van der Waals surface area contributed by atoms with Gasteiger partial charge in [0.25, 0.3) is 5.24 Å². The Morgan fingerprint density at radius 3 is 2.95 bits per heavy atom. The lowest BCUT2D eigenvalue weighted by Crippen LogP contribution is -2.38. The monoisotopic (exact) mass is 328 g/mol. The third kappa shape index (κ3) is 5.24. The maximum atomic E-state index is 13.4. The molecule has 1 aromatic rings. The summed E-state index contributed by atoms with van der Waals surface area (Å²) in [5, 5.41) is 2.75. The van der Waals surface area contributed by atoms with E-state index in [-0.39, 0.29) is 23.5 Å². The van der Waals surface area contributed by atoms with Gasteiger partial charge in [-0.2, -0.15) is 11.8 Å². The van der Waals surface area contributed by atoms with Crippen LogP contribution in [0, 0.1) is 5.82 Å². The lowest BCUT2D eigenvalue weighted by molar-refractivity contribution is -0.121. The van der Waals surface area contributed by atoms with Crippen LogP contribution in [-0.2, 0) is 10.5 Å². The second kappa shape index (κ2) is 8.29. The Bertz CT molecular complexity index is 514. The third-order valence-corrected chi connectivity index (χ3v) is 4.86. The van der Waals surface area contributed by atoms with Gasteiger partial charge in [0.1, 0.15) is 12.4 Å². The molecule has 1 heterocycles. The smallest absolute Gasteiger partial charge is 0.282 e. The second-order valence-corrected chi connectivity index (χ2v) is 6.68. The van der Waals surface area contributed by atoms with Gasteiger partial charge < -0.3 is 10.2 Å². The van der Waals surface area contributed by atoms with Gasteiger partial charge >= 0.3 is 0 Å². The van der Waals surface area contributed by atoms with E-state index in [1.54, 1.807) is 28.8 Å². The lowest BCUT2D eigenvalue weighted by Gasteiger charge is -2.13. The van der Waals surface area contributed by atoms with Crippen molar-refractivity contribution >= 4 is 34.7 Å². The second-order valence-electron chi connectivity index (χ2n) is 4.53. The van der Waals surface area contributed by atoms with E-state index in [4.69, 9.17) is 0 Å². The topological polar surface area (TPSA) is 49.4 Å². The van der Waals surface area contributed by atoms with Crippen molar-refractivity contribution in [2.45, 2.75) is 5.75 Å². The van der Waals surface area contributed by atoms with Crippen molar-refractivity contribution in [3.8, 4) is 0 Å². The molecule has 0 spiro atoms. The van der Waals surface area contributed by atoms with Crippen molar-refractivity contribution in [1.29, 1.82) is 0 Å². The highest BCUT2D eigenvalue weighted by Crippen LogP contribution is 2.16. The van der Waals surface area contributed by atoms with Crippen molar-refractivity contribution in [3.63, 3.8) is 0 Å². The predicted molar refractivity (Wildman–Crippen MR) is 85.0 cm³/mol. The summed E-state index contributed by atoms with van der Waals surface area (Å²) in [5.74, 6) is 1.72. The van der Waals surface area contributed by atoms with E-state index in [2.05, 4.69) is 5.32 Å². The summed E-state index contributed by atoms with van der Waals surface area (Å²) in [6.07, 6.45) is 0. The molecule has 0 unspecified atom stereocenters. The zero-order valence-electron chi connectivity index (χ0n) is 11.5. The molecule has 114 valence electrons. The minimum Gasteiger partial charge on any atom is -0.354 e. The summed E-state index contributed by atoms with van der Waals surface area (Å²) < 4.78 is 13.4. The largest absolute Gasteiger partial charge is 0.354 e. The number of hydrogen-bond acceptors (Lipinski definition) is 4. The van der Waals surface area contributed by atoms with Crippen LogP contribution in [0.1, 0.15) is 5.56 Å². The molecule has 1 fully saturated rings. The van der Waals surface area contributed by atoms with Gasteiger partial charge in [-0.1, -0.05) is 30.0 Å². The third-order valence-electron chi connectivity index (χ3n) is 2.96. The van der Waals surface area contributed by atoms with E-state index in [9.17, 15) is 14.0 Å². The molecular weight excluding hydrogens is 311 g/mol. The van der Waals surface area contributed by atoms with Gasteiger partial charge in [-0.3, -0.25) is 9.59 Å². The Kier molecular flexibility index (Phi) is 6.38. The van der Waals surface area contributed by atoms with Crippen LogP contribution >= 0.6 is 23.5 Å². The first-order chi connectivity index (χ1) is 10.2. The van der Waals surface area contributed by atoms with Crippen LogP contribution < -0.4 is 5.32 Å². The number of thioether (sulfide) groups is 2. The molecule has 2 rings (SSSR count). The number of nitrogens with one attached hydrogen (secondary N) is 1. The van der Waals surface area contributed by atoms with Gasteiger partial charge in [0, 0.05) is 30.3 Å². The summed E-state index contributed by atoms with van der Waals surface area (Å²) in [7, 11) is 0. The highest BCUT2D eigenvalue weighted by atomic mass is 32.2. The summed E-state index contributed by atoms with van der Waals surface area (Å²) in [4.78, 5) is 24.5. The van der Waals surface area contributed by atoms with Crippen molar-refractivity contribution in [2.75, 3.05) is 31.1 Å². The first-order valence-electron chi connectivity index (χ1n) is 6.66. The molecule has 0 bridgehead atoms. The Morgan fingerprint density at radius 1 is 1.43 bits per heavy atom. The molecule has 2 amide bonds. The average Bonchev–Trinajstić information content (AvgIpc) is 2.86. The molecule has 7 heteroatoms. The van der Waals surface area contributed by atoms with Gasteiger partial charge in [0.2, 0.25) is 5.91 Å². The van der Waals surface area contributed by atoms with Gasteiger partial charge in [-0.05, 0) is 11.6 Å². The molecule has 0 aliphatic carbocycles. The standard InChI is InChI=1S/C14H17FN2O2S2/c15-12-4-2-1-3-11(12)10-20-7-5-16-13(18)9-17-6-8-21-14(17)19/h1-4H,5-10H2,(H,16,18). The molecule has 1 aliphatic rings. The molecule has 21 heavy (non-hydrogen) atoms. The fraction of sp³-hybridized carbons (Fsp3) is 0.429. The molecule has 4 nitrogen and oxygen atoms in total. The van der Waals surface area contributed by atoms with Crippen LogP contribution in [0.4, 0.5) is 9.18 Å². The number of benzene rings is 1. The minimum atomic E-state index is -0.195. The molecular formula is C14H17FN2O2S2. The number of rotatable bonds is 7. The Labute approximate surface area is 131 Å². The lowest BCUT2D eigenvalue weighted by atomic mass is 10.2. The molecule has 1 aliphatic heterocycles. The zero-order valence-corrected chi connectivity index (χ0v) is 13.1. The average molecular weight is 328 g/mol. The number of halogens is 1.